The molecule has 0 saturated heterocycles. The second-order valence-electron chi connectivity index (χ2n) is 4.73. The van der Waals surface area contributed by atoms with E-state index in [2.05, 4.69) is 40.2 Å². The average Bonchev–Trinajstić information content (AvgIpc) is 2.88. The van der Waals surface area contributed by atoms with Gasteiger partial charge in [0.1, 0.15) is 0 Å². The standard InChI is InChI=1S/C14H18BrN3O/c1-10(2)18-8-11(7-16-18)14(9-19)17-13-5-3-12(15)4-6-13/h3-8,10,14,17,19H,9H2,1-2H3. The molecule has 0 aliphatic rings. The van der Waals surface area contributed by atoms with E-state index in [0.29, 0.717) is 6.04 Å². The van der Waals surface area contributed by atoms with Crippen molar-refractivity contribution in [3.05, 3.63) is 46.7 Å². The van der Waals surface area contributed by atoms with E-state index in [1.165, 1.54) is 0 Å². The van der Waals surface area contributed by atoms with E-state index in [9.17, 15) is 5.11 Å². The molecular formula is C14H18BrN3O. The van der Waals surface area contributed by atoms with Gasteiger partial charge in [-0.05, 0) is 38.1 Å². The smallest absolute Gasteiger partial charge is 0.0775 e. The van der Waals surface area contributed by atoms with Crippen molar-refractivity contribution in [1.82, 2.24) is 9.78 Å². The molecule has 0 bridgehead atoms. The van der Waals surface area contributed by atoms with Crippen molar-refractivity contribution in [2.75, 3.05) is 11.9 Å². The fraction of sp³-hybridized carbons (Fsp3) is 0.357. The van der Waals surface area contributed by atoms with Gasteiger partial charge in [0.2, 0.25) is 0 Å². The third kappa shape index (κ3) is 3.58. The topological polar surface area (TPSA) is 50.1 Å². The second kappa shape index (κ2) is 6.21. The first-order valence-corrected chi connectivity index (χ1v) is 7.06. The van der Waals surface area contributed by atoms with Crippen LogP contribution in [0.2, 0.25) is 0 Å². The Labute approximate surface area is 121 Å². The fourth-order valence-corrected chi connectivity index (χ4v) is 2.06. The zero-order chi connectivity index (χ0) is 13.8. The zero-order valence-corrected chi connectivity index (χ0v) is 12.6. The van der Waals surface area contributed by atoms with Crippen molar-refractivity contribution in [2.45, 2.75) is 25.9 Å². The first-order chi connectivity index (χ1) is 9.10. The third-order valence-electron chi connectivity index (χ3n) is 2.92. The maximum absolute atomic E-state index is 9.53. The van der Waals surface area contributed by atoms with E-state index >= 15 is 0 Å². The van der Waals surface area contributed by atoms with E-state index < -0.39 is 0 Å². The molecule has 0 aliphatic heterocycles. The number of hydrogen-bond acceptors (Lipinski definition) is 3. The summed E-state index contributed by atoms with van der Waals surface area (Å²) in [5, 5.41) is 17.1. The number of halogens is 1. The van der Waals surface area contributed by atoms with E-state index in [1.807, 2.05) is 35.1 Å². The van der Waals surface area contributed by atoms with Gasteiger partial charge in [0, 0.05) is 28.0 Å². The van der Waals surface area contributed by atoms with Crippen molar-refractivity contribution in [1.29, 1.82) is 0 Å². The van der Waals surface area contributed by atoms with Gasteiger partial charge in [0.15, 0.2) is 0 Å². The molecule has 2 rings (SSSR count). The van der Waals surface area contributed by atoms with Gasteiger partial charge in [-0.25, -0.2) is 0 Å². The number of benzene rings is 1. The van der Waals surface area contributed by atoms with Crippen LogP contribution < -0.4 is 5.32 Å². The van der Waals surface area contributed by atoms with Crippen LogP contribution >= 0.6 is 15.9 Å². The summed E-state index contributed by atoms with van der Waals surface area (Å²) in [5.74, 6) is 0. The second-order valence-corrected chi connectivity index (χ2v) is 5.65. The Hall–Kier alpha value is -1.33. The van der Waals surface area contributed by atoms with Crippen LogP contribution in [0.25, 0.3) is 0 Å². The number of nitrogens with one attached hydrogen (secondary N) is 1. The summed E-state index contributed by atoms with van der Waals surface area (Å²) < 4.78 is 2.92. The first-order valence-electron chi connectivity index (χ1n) is 6.27. The van der Waals surface area contributed by atoms with Gasteiger partial charge in [-0.3, -0.25) is 4.68 Å². The lowest BCUT2D eigenvalue weighted by molar-refractivity contribution is 0.276. The molecule has 0 spiro atoms. The van der Waals surface area contributed by atoms with Gasteiger partial charge >= 0.3 is 0 Å². The number of aliphatic hydroxyl groups is 1. The highest BCUT2D eigenvalue weighted by Crippen LogP contribution is 2.21. The van der Waals surface area contributed by atoms with Gasteiger partial charge in [-0.1, -0.05) is 15.9 Å². The number of rotatable bonds is 5. The van der Waals surface area contributed by atoms with Gasteiger partial charge in [0.05, 0.1) is 18.8 Å². The summed E-state index contributed by atoms with van der Waals surface area (Å²) in [5.41, 5.74) is 1.96. The minimum atomic E-state index is -0.145. The molecular weight excluding hydrogens is 306 g/mol. The van der Waals surface area contributed by atoms with Crippen LogP contribution in [0, 0.1) is 0 Å². The molecule has 0 saturated carbocycles. The van der Waals surface area contributed by atoms with E-state index in [0.717, 1.165) is 15.7 Å². The summed E-state index contributed by atoms with van der Waals surface area (Å²) >= 11 is 3.40. The molecule has 1 heterocycles. The maximum atomic E-state index is 9.53. The molecule has 5 heteroatoms. The van der Waals surface area contributed by atoms with Crippen LogP contribution in [0.5, 0.6) is 0 Å². The molecule has 1 atom stereocenters. The van der Waals surface area contributed by atoms with Crippen molar-refractivity contribution in [2.24, 2.45) is 0 Å². The Morgan fingerprint density at radius 2 is 2.00 bits per heavy atom. The summed E-state index contributed by atoms with van der Waals surface area (Å²) in [6.45, 7) is 4.18. The predicted octanol–water partition coefficient (Wildman–Crippen LogP) is 3.37. The Bertz CT molecular complexity index is 522. The molecule has 0 radical (unpaired) electrons. The van der Waals surface area contributed by atoms with Crippen LogP contribution in [0.4, 0.5) is 5.69 Å². The highest BCUT2D eigenvalue weighted by atomic mass is 79.9. The molecule has 102 valence electrons. The monoisotopic (exact) mass is 323 g/mol. The van der Waals surface area contributed by atoms with Crippen molar-refractivity contribution >= 4 is 21.6 Å². The van der Waals surface area contributed by atoms with E-state index in [1.54, 1.807) is 6.20 Å². The molecule has 1 unspecified atom stereocenters. The predicted molar refractivity (Wildman–Crippen MR) is 80.2 cm³/mol. The fourth-order valence-electron chi connectivity index (χ4n) is 1.80. The van der Waals surface area contributed by atoms with Crippen LogP contribution in [0.3, 0.4) is 0 Å². The lowest BCUT2D eigenvalue weighted by Gasteiger charge is -2.16. The third-order valence-corrected chi connectivity index (χ3v) is 3.45. The minimum Gasteiger partial charge on any atom is -0.394 e. The molecule has 1 aromatic carbocycles. The zero-order valence-electron chi connectivity index (χ0n) is 11.0. The maximum Gasteiger partial charge on any atom is 0.0775 e. The Balaban J connectivity index is 2.12. The molecule has 1 aromatic heterocycles. The molecule has 0 aliphatic carbocycles. The number of anilines is 1. The lowest BCUT2D eigenvalue weighted by atomic mass is 10.1. The number of hydrogen-bond donors (Lipinski definition) is 2. The molecule has 2 N–H and O–H groups in total. The van der Waals surface area contributed by atoms with Gasteiger partial charge in [0.25, 0.3) is 0 Å². The van der Waals surface area contributed by atoms with Crippen LogP contribution in [-0.2, 0) is 0 Å². The van der Waals surface area contributed by atoms with Crippen molar-refractivity contribution in [3.63, 3.8) is 0 Å². The lowest BCUT2D eigenvalue weighted by Crippen LogP contribution is -2.14. The van der Waals surface area contributed by atoms with Crippen LogP contribution in [-0.4, -0.2) is 21.5 Å². The molecule has 4 nitrogen and oxygen atoms in total. The Morgan fingerprint density at radius 3 is 2.53 bits per heavy atom. The van der Waals surface area contributed by atoms with Gasteiger partial charge in [-0.15, -0.1) is 0 Å². The van der Waals surface area contributed by atoms with E-state index in [4.69, 9.17) is 0 Å². The number of nitrogens with zero attached hydrogens (tertiary/aromatic N) is 2. The Morgan fingerprint density at radius 1 is 1.32 bits per heavy atom. The summed E-state index contributed by atoms with van der Waals surface area (Å²) in [4.78, 5) is 0. The first kappa shape index (κ1) is 14.1. The van der Waals surface area contributed by atoms with Crippen LogP contribution in [0.1, 0.15) is 31.5 Å². The normalized spacial score (nSPS) is 12.7. The number of aliphatic hydroxyl groups excluding tert-OH is 1. The van der Waals surface area contributed by atoms with Crippen molar-refractivity contribution < 1.29 is 5.11 Å². The summed E-state index contributed by atoms with van der Waals surface area (Å²) in [7, 11) is 0. The largest absolute Gasteiger partial charge is 0.394 e. The highest BCUT2D eigenvalue weighted by molar-refractivity contribution is 9.10. The van der Waals surface area contributed by atoms with Crippen molar-refractivity contribution in [3.8, 4) is 0 Å². The Kier molecular flexibility index (Phi) is 4.61. The quantitative estimate of drug-likeness (QED) is 0.886. The molecule has 2 aromatic rings. The highest BCUT2D eigenvalue weighted by Gasteiger charge is 2.13. The van der Waals surface area contributed by atoms with Gasteiger partial charge < -0.3 is 10.4 Å². The molecule has 0 amide bonds. The van der Waals surface area contributed by atoms with Gasteiger partial charge in [-0.2, -0.15) is 5.10 Å². The van der Waals surface area contributed by atoms with E-state index in [-0.39, 0.29) is 12.6 Å². The summed E-state index contributed by atoms with van der Waals surface area (Å²) in [6, 6.07) is 8.05. The SMILES string of the molecule is CC(C)n1cc(C(CO)Nc2ccc(Br)cc2)cn1. The molecule has 0 fully saturated rings. The minimum absolute atomic E-state index is 0.0276. The summed E-state index contributed by atoms with van der Waals surface area (Å²) in [6.07, 6.45) is 3.77. The number of aromatic nitrogens is 2. The average molecular weight is 324 g/mol. The van der Waals surface area contributed by atoms with Crippen LogP contribution in [0.15, 0.2) is 41.1 Å². The molecule has 19 heavy (non-hydrogen) atoms.